The highest BCUT2D eigenvalue weighted by atomic mass is 32.1. The molecule has 1 N–H and O–H groups in total. The number of hydrogen-bond acceptors (Lipinski definition) is 5. The fourth-order valence-corrected chi connectivity index (χ4v) is 5.14. The van der Waals surface area contributed by atoms with E-state index < -0.39 is 6.04 Å². The highest BCUT2D eigenvalue weighted by Gasteiger charge is 2.39. The van der Waals surface area contributed by atoms with Crippen molar-refractivity contribution in [3.63, 3.8) is 0 Å². The van der Waals surface area contributed by atoms with Crippen molar-refractivity contribution >= 4 is 34.2 Å². The van der Waals surface area contributed by atoms with Gasteiger partial charge < -0.3 is 10.2 Å². The predicted octanol–water partition coefficient (Wildman–Crippen LogP) is 4.31. The molecule has 8 heteroatoms. The molecule has 1 aliphatic carbocycles. The van der Waals surface area contributed by atoms with Gasteiger partial charge in [-0.05, 0) is 56.7 Å². The molecule has 3 aromatic rings. The van der Waals surface area contributed by atoms with Crippen LogP contribution in [0.3, 0.4) is 0 Å². The second-order valence-electron chi connectivity index (χ2n) is 9.12. The van der Waals surface area contributed by atoms with Gasteiger partial charge in [-0.25, -0.2) is 4.68 Å². The predicted molar refractivity (Wildman–Crippen MR) is 126 cm³/mol. The molecule has 0 unspecified atom stereocenters. The molecule has 1 aliphatic rings. The van der Waals surface area contributed by atoms with Crippen molar-refractivity contribution in [2.45, 2.75) is 77.0 Å². The van der Waals surface area contributed by atoms with E-state index in [1.165, 1.54) is 11.3 Å². The summed E-state index contributed by atoms with van der Waals surface area (Å²) >= 11 is 1.52. The maximum absolute atomic E-state index is 13.8. The number of thiophene rings is 1. The van der Waals surface area contributed by atoms with Gasteiger partial charge in [-0.2, -0.15) is 0 Å². The topological polar surface area (TPSA) is 80.1 Å². The molecule has 0 bridgehead atoms. The van der Waals surface area contributed by atoms with Gasteiger partial charge in [0.1, 0.15) is 18.1 Å². The van der Waals surface area contributed by atoms with Crippen LogP contribution in [0.25, 0.3) is 11.0 Å². The largest absolute Gasteiger partial charge is 0.349 e. The number of carbonyl (C=O) groups is 2. The Balaban J connectivity index is 1.69. The van der Waals surface area contributed by atoms with E-state index in [-0.39, 0.29) is 29.9 Å². The van der Waals surface area contributed by atoms with Gasteiger partial charge in [0.05, 0.1) is 5.52 Å². The Kier molecular flexibility index (Phi) is 6.60. The van der Waals surface area contributed by atoms with Crippen LogP contribution in [0.4, 0.5) is 0 Å². The zero-order valence-electron chi connectivity index (χ0n) is 19.0. The third-order valence-corrected chi connectivity index (χ3v) is 7.32. The number of para-hydroxylation sites is 1. The van der Waals surface area contributed by atoms with Gasteiger partial charge in [-0.1, -0.05) is 43.2 Å². The molecule has 0 radical (unpaired) electrons. The summed E-state index contributed by atoms with van der Waals surface area (Å²) in [6.45, 7) is 6.14. The van der Waals surface area contributed by atoms with Crippen LogP contribution in [0.2, 0.25) is 0 Å². The van der Waals surface area contributed by atoms with Gasteiger partial charge in [0.2, 0.25) is 11.8 Å². The van der Waals surface area contributed by atoms with Gasteiger partial charge in [-0.3, -0.25) is 9.59 Å². The molecule has 1 aromatic carbocycles. The molecule has 0 aliphatic heterocycles. The van der Waals surface area contributed by atoms with Crippen molar-refractivity contribution in [3.8, 4) is 0 Å². The third-order valence-electron chi connectivity index (χ3n) is 6.40. The average Bonchev–Trinajstić information content (AvgIpc) is 3.54. The lowest BCUT2D eigenvalue weighted by Crippen LogP contribution is -2.53. The van der Waals surface area contributed by atoms with E-state index in [0.29, 0.717) is 0 Å². The molecule has 2 aromatic heterocycles. The average molecular weight is 454 g/mol. The van der Waals surface area contributed by atoms with Crippen molar-refractivity contribution in [2.75, 3.05) is 0 Å². The maximum atomic E-state index is 13.8. The van der Waals surface area contributed by atoms with Crippen molar-refractivity contribution in [3.05, 3.63) is 46.7 Å². The number of carbonyl (C=O) groups excluding carboxylic acids is 2. The van der Waals surface area contributed by atoms with E-state index in [9.17, 15) is 9.59 Å². The summed E-state index contributed by atoms with van der Waals surface area (Å²) in [5.74, 6) is -0.224. The Labute approximate surface area is 192 Å². The minimum Gasteiger partial charge on any atom is -0.349 e. The summed E-state index contributed by atoms with van der Waals surface area (Å²) in [5.41, 5.74) is 1.22. The van der Waals surface area contributed by atoms with Crippen LogP contribution in [-0.4, -0.2) is 43.3 Å². The van der Waals surface area contributed by atoms with Crippen molar-refractivity contribution in [1.29, 1.82) is 0 Å². The zero-order chi connectivity index (χ0) is 22.7. The summed E-state index contributed by atoms with van der Waals surface area (Å²) in [6.07, 6.45) is 4.77. The van der Waals surface area contributed by atoms with E-state index in [4.69, 9.17) is 0 Å². The van der Waals surface area contributed by atoms with Gasteiger partial charge in [0.15, 0.2) is 0 Å². The first-order valence-electron chi connectivity index (χ1n) is 11.3. The lowest BCUT2D eigenvalue weighted by Gasteiger charge is -2.37. The van der Waals surface area contributed by atoms with Gasteiger partial charge in [-0.15, -0.1) is 16.4 Å². The van der Waals surface area contributed by atoms with Crippen LogP contribution in [0.15, 0.2) is 41.8 Å². The maximum Gasteiger partial charge on any atom is 0.248 e. The molecule has 2 heterocycles. The SMILES string of the molecule is CCC(C)(C)NC(=O)[C@H](c1cccs1)N(C(=O)Cn1nnc2ccccc21)C1CCCC1. The minimum atomic E-state index is -0.647. The first-order chi connectivity index (χ1) is 15.4. The molecule has 4 rings (SSSR count). The lowest BCUT2D eigenvalue weighted by molar-refractivity contribution is -0.144. The molecular weight excluding hydrogens is 422 g/mol. The van der Waals surface area contributed by atoms with Crippen LogP contribution >= 0.6 is 11.3 Å². The molecular formula is C24H31N5O2S. The first-order valence-corrected chi connectivity index (χ1v) is 12.2. The quantitative estimate of drug-likeness (QED) is 0.551. The molecule has 0 saturated heterocycles. The minimum absolute atomic E-state index is 0.0416. The summed E-state index contributed by atoms with van der Waals surface area (Å²) in [4.78, 5) is 30.1. The van der Waals surface area contributed by atoms with E-state index in [1.54, 1.807) is 4.68 Å². The van der Waals surface area contributed by atoms with Crippen molar-refractivity contribution in [2.24, 2.45) is 0 Å². The van der Waals surface area contributed by atoms with E-state index in [0.717, 1.165) is 48.0 Å². The fraction of sp³-hybridized carbons (Fsp3) is 0.500. The molecule has 32 heavy (non-hydrogen) atoms. The molecule has 1 atom stereocenters. The van der Waals surface area contributed by atoms with Crippen LogP contribution in [0, 0.1) is 0 Å². The second-order valence-corrected chi connectivity index (χ2v) is 10.1. The van der Waals surface area contributed by atoms with Gasteiger partial charge >= 0.3 is 0 Å². The molecule has 0 spiro atoms. The van der Waals surface area contributed by atoms with Gasteiger partial charge in [0, 0.05) is 16.5 Å². The number of amides is 2. The standard InChI is InChI=1S/C24H31N5O2S/c1-4-24(2,3)25-23(31)22(20-14-9-15-32-20)29(17-10-5-6-11-17)21(30)16-28-19-13-8-7-12-18(19)26-27-28/h7-9,12-15,17,22H,4-6,10-11,16H2,1-3H3,(H,25,31)/t22-/m0/s1. The number of aromatic nitrogens is 3. The Hall–Kier alpha value is -2.74. The van der Waals surface area contributed by atoms with Crippen LogP contribution in [0.1, 0.15) is 63.8 Å². The summed E-state index contributed by atoms with van der Waals surface area (Å²) < 4.78 is 1.64. The number of nitrogens with one attached hydrogen (secondary N) is 1. The molecule has 170 valence electrons. The molecule has 1 fully saturated rings. The summed E-state index contributed by atoms with van der Waals surface area (Å²) in [5, 5.41) is 13.5. The zero-order valence-corrected chi connectivity index (χ0v) is 19.8. The summed E-state index contributed by atoms with van der Waals surface area (Å²) in [6, 6.07) is 10.9. The Morgan fingerprint density at radius 3 is 2.66 bits per heavy atom. The van der Waals surface area contributed by atoms with Gasteiger partial charge in [0.25, 0.3) is 0 Å². The van der Waals surface area contributed by atoms with Crippen LogP contribution in [-0.2, 0) is 16.1 Å². The molecule has 2 amide bonds. The van der Waals surface area contributed by atoms with Crippen LogP contribution < -0.4 is 5.32 Å². The Bertz CT molecular complexity index is 1070. The Morgan fingerprint density at radius 1 is 1.22 bits per heavy atom. The smallest absolute Gasteiger partial charge is 0.248 e. The Morgan fingerprint density at radius 2 is 1.97 bits per heavy atom. The second kappa shape index (κ2) is 9.40. The van der Waals surface area contributed by atoms with E-state index in [1.807, 2.05) is 60.5 Å². The third kappa shape index (κ3) is 4.70. The van der Waals surface area contributed by atoms with E-state index >= 15 is 0 Å². The first kappa shape index (κ1) is 22.5. The molecule has 7 nitrogen and oxygen atoms in total. The molecule has 1 saturated carbocycles. The number of rotatable bonds is 8. The highest BCUT2D eigenvalue weighted by molar-refractivity contribution is 7.10. The van der Waals surface area contributed by atoms with Crippen LogP contribution in [0.5, 0.6) is 0 Å². The normalized spacial score (nSPS) is 15.7. The van der Waals surface area contributed by atoms with E-state index in [2.05, 4.69) is 22.6 Å². The number of nitrogens with zero attached hydrogens (tertiary/aromatic N) is 4. The lowest BCUT2D eigenvalue weighted by atomic mass is 10.00. The monoisotopic (exact) mass is 453 g/mol. The number of benzene rings is 1. The fourth-order valence-electron chi connectivity index (χ4n) is 4.31. The number of fused-ring (bicyclic) bond motifs is 1. The van der Waals surface area contributed by atoms with Crippen molar-refractivity contribution < 1.29 is 9.59 Å². The van der Waals surface area contributed by atoms with Crippen molar-refractivity contribution in [1.82, 2.24) is 25.2 Å². The number of hydrogen-bond donors (Lipinski definition) is 1. The summed E-state index contributed by atoms with van der Waals surface area (Å²) in [7, 11) is 0. The highest BCUT2D eigenvalue weighted by Crippen LogP contribution is 2.34.